The minimum Gasteiger partial charge on any atom is -0.361 e. The first kappa shape index (κ1) is 25.3. The van der Waals surface area contributed by atoms with Crippen molar-refractivity contribution in [3.63, 3.8) is 0 Å². The van der Waals surface area contributed by atoms with Gasteiger partial charge in [-0.3, -0.25) is 14.4 Å². The molecule has 0 aliphatic carbocycles. The lowest BCUT2D eigenvalue weighted by atomic mass is 9.96. The number of aryl methyl sites for hydroxylation is 1. The monoisotopic (exact) mass is 491 g/mol. The maximum Gasteiger partial charge on any atom is 0.274 e. The number of benzene rings is 1. The highest BCUT2D eigenvalue weighted by atomic mass is 16.5. The van der Waals surface area contributed by atoms with Gasteiger partial charge in [0.05, 0.1) is 24.4 Å². The zero-order valence-electron chi connectivity index (χ0n) is 21.0. The highest BCUT2D eigenvalue weighted by Crippen LogP contribution is 2.23. The number of aromatic nitrogens is 3. The maximum absolute atomic E-state index is 13.4. The summed E-state index contributed by atoms with van der Waals surface area (Å²) >= 11 is 0. The van der Waals surface area contributed by atoms with Gasteiger partial charge in [0.2, 0.25) is 5.91 Å². The van der Waals surface area contributed by atoms with Crippen LogP contribution in [0.3, 0.4) is 0 Å². The van der Waals surface area contributed by atoms with Crippen molar-refractivity contribution in [1.29, 1.82) is 0 Å². The summed E-state index contributed by atoms with van der Waals surface area (Å²) in [6.07, 6.45) is 4.74. The van der Waals surface area contributed by atoms with Gasteiger partial charge < -0.3 is 19.7 Å². The van der Waals surface area contributed by atoms with E-state index in [1.807, 2.05) is 49.1 Å². The first-order valence-corrected chi connectivity index (χ1v) is 12.5. The third-order valence-corrected chi connectivity index (χ3v) is 6.71. The van der Waals surface area contributed by atoms with Gasteiger partial charge in [0.1, 0.15) is 11.6 Å². The molecule has 0 saturated carbocycles. The number of likely N-dealkylation sites (tertiary alicyclic amines) is 1. The molecule has 2 N–H and O–H groups in total. The molecule has 9 nitrogen and oxygen atoms in total. The zero-order valence-corrected chi connectivity index (χ0v) is 21.0. The van der Waals surface area contributed by atoms with Gasteiger partial charge in [0, 0.05) is 31.0 Å². The molecule has 1 saturated heterocycles. The van der Waals surface area contributed by atoms with Crippen molar-refractivity contribution < 1.29 is 18.9 Å². The summed E-state index contributed by atoms with van der Waals surface area (Å²) in [5, 5.41) is 6.47. The molecule has 2 amide bonds. The smallest absolute Gasteiger partial charge is 0.274 e. The molecule has 36 heavy (non-hydrogen) atoms. The summed E-state index contributed by atoms with van der Waals surface area (Å²) in [6, 6.07) is 10.5. The average Bonchev–Trinajstić information content (AvgIpc) is 3.54. The normalized spacial score (nSPS) is 17.4. The van der Waals surface area contributed by atoms with Gasteiger partial charge in [-0.2, -0.15) is 0 Å². The van der Waals surface area contributed by atoms with E-state index in [2.05, 4.69) is 20.4 Å². The van der Waals surface area contributed by atoms with Crippen LogP contribution in [0.5, 0.6) is 0 Å². The fourth-order valence-electron chi connectivity index (χ4n) is 4.60. The topological polar surface area (TPSA) is 121 Å². The Bertz CT molecular complexity index is 1200. The number of amides is 2. The maximum atomic E-state index is 13.4. The van der Waals surface area contributed by atoms with Crippen molar-refractivity contribution in [2.75, 3.05) is 6.54 Å². The highest BCUT2D eigenvalue weighted by molar-refractivity contribution is 5.98. The van der Waals surface area contributed by atoms with Crippen molar-refractivity contribution in [3.05, 3.63) is 59.9 Å². The number of rotatable bonds is 9. The van der Waals surface area contributed by atoms with Crippen LogP contribution in [0.1, 0.15) is 73.9 Å². The van der Waals surface area contributed by atoms with Crippen molar-refractivity contribution >= 4 is 17.6 Å². The van der Waals surface area contributed by atoms with E-state index in [0.717, 1.165) is 30.5 Å². The third-order valence-electron chi connectivity index (χ3n) is 6.71. The molecule has 0 radical (unpaired) electrons. The fraction of sp³-hybridized carbons (Fsp3) is 0.444. The lowest BCUT2D eigenvalue weighted by molar-refractivity contribution is -0.137. The Morgan fingerprint density at radius 1 is 1.19 bits per heavy atom. The predicted octanol–water partition coefficient (Wildman–Crippen LogP) is 4.03. The number of piperidine rings is 1. The van der Waals surface area contributed by atoms with E-state index in [4.69, 9.17) is 4.52 Å². The summed E-state index contributed by atoms with van der Waals surface area (Å²) in [7, 11) is 0. The Hall–Kier alpha value is -3.75. The largest absolute Gasteiger partial charge is 0.361 e. The third kappa shape index (κ3) is 6.08. The van der Waals surface area contributed by atoms with Gasteiger partial charge in [-0.1, -0.05) is 42.4 Å². The van der Waals surface area contributed by atoms with Crippen LogP contribution in [0.2, 0.25) is 0 Å². The number of hydrogen-bond donors (Lipinski definition) is 2. The molecule has 9 heteroatoms. The van der Waals surface area contributed by atoms with E-state index in [9.17, 15) is 14.4 Å². The minimum atomic E-state index is -0.970. The van der Waals surface area contributed by atoms with Crippen LogP contribution in [-0.4, -0.2) is 56.3 Å². The summed E-state index contributed by atoms with van der Waals surface area (Å²) in [4.78, 5) is 48.9. The molecule has 1 unspecified atom stereocenters. The van der Waals surface area contributed by atoms with E-state index >= 15 is 0 Å². The van der Waals surface area contributed by atoms with E-state index in [-0.39, 0.29) is 42.2 Å². The Balaban J connectivity index is 1.47. The number of H-pyrrole nitrogens is 1. The molecule has 190 valence electrons. The van der Waals surface area contributed by atoms with Crippen LogP contribution in [-0.2, 0) is 9.59 Å². The second-order valence-corrected chi connectivity index (χ2v) is 9.60. The van der Waals surface area contributed by atoms with Crippen LogP contribution in [0, 0.1) is 6.92 Å². The minimum absolute atomic E-state index is 0.0793. The number of nitrogens with zero attached hydrogens (tertiary/aromatic N) is 3. The molecule has 4 rings (SSSR count). The number of carbonyl (C=O) groups is 3. The number of carbonyl (C=O) groups excluding carboxylic acids is 3. The second-order valence-electron chi connectivity index (χ2n) is 9.60. The van der Waals surface area contributed by atoms with E-state index in [1.54, 1.807) is 13.1 Å². The van der Waals surface area contributed by atoms with Gasteiger partial charge in [-0.15, -0.1) is 0 Å². The number of Topliss-reactive ketones (excluding diaryl/α,β-unsaturated/α-hetero) is 1. The molecule has 1 aliphatic heterocycles. The molecule has 3 aromatic rings. The van der Waals surface area contributed by atoms with Crippen molar-refractivity contribution in [2.24, 2.45) is 0 Å². The van der Waals surface area contributed by atoms with Crippen molar-refractivity contribution in [3.8, 4) is 11.3 Å². The Kier molecular flexibility index (Phi) is 7.97. The molecule has 1 aliphatic rings. The summed E-state index contributed by atoms with van der Waals surface area (Å²) in [5.74, 6) is 0.0348. The Morgan fingerprint density at radius 3 is 2.67 bits per heavy atom. The summed E-state index contributed by atoms with van der Waals surface area (Å²) in [5.41, 5.74) is 1.95. The Morgan fingerprint density at radius 2 is 1.97 bits per heavy atom. The van der Waals surface area contributed by atoms with Crippen molar-refractivity contribution in [2.45, 2.75) is 70.9 Å². The van der Waals surface area contributed by atoms with E-state index in [0.29, 0.717) is 18.1 Å². The van der Waals surface area contributed by atoms with Crippen LogP contribution in [0.4, 0.5) is 0 Å². The van der Waals surface area contributed by atoms with Gasteiger partial charge >= 0.3 is 0 Å². The van der Waals surface area contributed by atoms with Crippen LogP contribution in [0.15, 0.2) is 47.1 Å². The first-order chi connectivity index (χ1) is 17.3. The number of aromatic amines is 1. The van der Waals surface area contributed by atoms with Gasteiger partial charge in [-0.05, 0) is 38.7 Å². The molecule has 3 heterocycles. The van der Waals surface area contributed by atoms with Crippen LogP contribution >= 0.6 is 0 Å². The van der Waals surface area contributed by atoms with Gasteiger partial charge in [0.25, 0.3) is 5.91 Å². The standard InChI is InChI=1S/C27H33N5O4/c1-17(26-28-16-23(29-26)20-10-5-4-6-11-20)13-24(33)21(30-27(35)22-14-19(3)36-31-22)15-25(34)32-12-8-7-9-18(32)2/h4-6,10-11,14,16-18,21H,7-9,12-13,15H2,1-3H3,(H,28,29)(H,30,35)/t17-,18?,21+/m1/s1. The number of imidazole rings is 1. The molecular weight excluding hydrogens is 458 g/mol. The molecular formula is C27H33N5O4. The quantitative estimate of drug-likeness (QED) is 0.466. The number of nitrogens with one attached hydrogen (secondary N) is 2. The summed E-state index contributed by atoms with van der Waals surface area (Å²) < 4.78 is 5.00. The lowest BCUT2D eigenvalue weighted by Gasteiger charge is -2.34. The molecule has 1 aromatic carbocycles. The SMILES string of the molecule is Cc1cc(C(=O)N[C@@H](CC(=O)N2CCCCC2C)C(=O)C[C@@H](C)c2ncc(-c3ccccc3)[nH]2)no1. The van der Waals surface area contributed by atoms with Crippen molar-refractivity contribution in [1.82, 2.24) is 25.3 Å². The highest BCUT2D eigenvalue weighted by Gasteiger charge is 2.31. The predicted molar refractivity (Wildman–Crippen MR) is 134 cm³/mol. The van der Waals surface area contributed by atoms with E-state index < -0.39 is 11.9 Å². The van der Waals surface area contributed by atoms with Crippen LogP contribution in [0.25, 0.3) is 11.3 Å². The second kappa shape index (κ2) is 11.3. The summed E-state index contributed by atoms with van der Waals surface area (Å²) in [6.45, 7) is 6.28. The average molecular weight is 492 g/mol. The fourth-order valence-corrected chi connectivity index (χ4v) is 4.60. The first-order valence-electron chi connectivity index (χ1n) is 12.5. The Labute approximate surface area is 210 Å². The molecule has 0 bridgehead atoms. The molecule has 1 fully saturated rings. The molecule has 3 atom stereocenters. The zero-order chi connectivity index (χ0) is 25.7. The molecule has 2 aromatic heterocycles. The lowest BCUT2D eigenvalue weighted by Crippen LogP contribution is -2.48. The molecule has 0 spiro atoms. The van der Waals surface area contributed by atoms with Gasteiger partial charge in [0.15, 0.2) is 11.5 Å². The van der Waals surface area contributed by atoms with E-state index in [1.165, 1.54) is 6.07 Å². The number of hydrogen-bond acceptors (Lipinski definition) is 6. The number of ketones is 1. The van der Waals surface area contributed by atoms with Crippen LogP contribution < -0.4 is 5.32 Å². The van der Waals surface area contributed by atoms with Gasteiger partial charge in [-0.25, -0.2) is 4.98 Å².